The van der Waals surface area contributed by atoms with Gasteiger partial charge < -0.3 is 24.8 Å². The zero-order valence-corrected chi connectivity index (χ0v) is 12.7. The predicted octanol–water partition coefficient (Wildman–Crippen LogP) is 2.56. The molecular formula is C16H14O9. The van der Waals surface area contributed by atoms with Gasteiger partial charge >= 0.3 is 23.9 Å². The number of hydrogen-bond donors (Lipinski definition) is 4. The van der Waals surface area contributed by atoms with Crippen molar-refractivity contribution >= 4 is 23.9 Å². The summed E-state index contributed by atoms with van der Waals surface area (Å²) in [4.78, 5) is 41.0. The van der Waals surface area contributed by atoms with Crippen LogP contribution < -0.4 is 0 Å². The number of carboxylic acid groups (broad SMARTS) is 4. The van der Waals surface area contributed by atoms with Crippen molar-refractivity contribution in [3.05, 3.63) is 72.2 Å². The smallest absolute Gasteiger partial charge is 0.371 e. The highest BCUT2D eigenvalue weighted by molar-refractivity contribution is 5.91. The minimum atomic E-state index is -1.28. The molecule has 0 atom stereocenters. The summed E-state index contributed by atoms with van der Waals surface area (Å²) >= 11 is 0. The van der Waals surface area contributed by atoms with Crippen molar-refractivity contribution in [3.63, 3.8) is 0 Å². The Morgan fingerprint density at radius 1 is 0.600 bits per heavy atom. The fourth-order valence-electron chi connectivity index (χ4n) is 1.32. The number of hydrogen-bond acceptors (Lipinski definition) is 5. The Hall–Kier alpha value is -3.88. The van der Waals surface area contributed by atoms with Crippen LogP contribution in [0.15, 0.2) is 54.0 Å². The Kier molecular flexibility index (Phi) is 8.45. The van der Waals surface area contributed by atoms with Crippen molar-refractivity contribution in [1.29, 1.82) is 0 Å². The summed E-state index contributed by atoms with van der Waals surface area (Å²) in [5.41, 5.74) is 0.167. The molecule has 0 unspecified atom stereocenters. The third kappa shape index (κ3) is 6.82. The summed E-state index contributed by atoms with van der Waals surface area (Å²) in [7, 11) is 0. The standard InChI is InChI=1S/C8H6O4.C6H4O5.C2H4/c9-7(10)5-1-2-6(4-3-5)8(11)12;7-5(8)3-1-2-4(11-3)6(9)10;1-2/h1-4H,(H,9,10)(H,11,12);1-2H,(H,7,8)(H,9,10);1-2H2. The van der Waals surface area contributed by atoms with Gasteiger partial charge in [-0.25, -0.2) is 19.2 Å². The first-order valence-corrected chi connectivity index (χ1v) is 6.35. The van der Waals surface area contributed by atoms with Crippen LogP contribution in [0.1, 0.15) is 41.8 Å². The summed E-state index contributed by atoms with van der Waals surface area (Å²) in [6, 6.07) is 7.20. The quantitative estimate of drug-likeness (QED) is 0.607. The molecule has 0 bridgehead atoms. The third-order valence-electron chi connectivity index (χ3n) is 2.41. The van der Waals surface area contributed by atoms with E-state index in [0.29, 0.717) is 0 Å². The van der Waals surface area contributed by atoms with Crippen molar-refractivity contribution in [2.75, 3.05) is 0 Å². The second kappa shape index (κ2) is 10.0. The Morgan fingerprint density at radius 3 is 1.04 bits per heavy atom. The van der Waals surface area contributed by atoms with E-state index in [2.05, 4.69) is 17.6 Å². The molecule has 9 nitrogen and oxygen atoms in total. The highest BCUT2D eigenvalue weighted by Gasteiger charge is 2.12. The van der Waals surface area contributed by atoms with Gasteiger partial charge in [0.05, 0.1) is 11.1 Å². The third-order valence-corrected chi connectivity index (χ3v) is 2.41. The maximum absolute atomic E-state index is 10.3. The summed E-state index contributed by atoms with van der Waals surface area (Å²) < 4.78 is 4.41. The first-order valence-electron chi connectivity index (χ1n) is 6.35. The molecule has 0 aliphatic rings. The van der Waals surface area contributed by atoms with E-state index in [-0.39, 0.29) is 22.6 Å². The normalized spacial score (nSPS) is 8.80. The molecule has 0 amide bonds. The van der Waals surface area contributed by atoms with Gasteiger partial charge in [-0.05, 0) is 36.4 Å². The lowest BCUT2D eigenvalue weighted by Crippen LogP contribution is -1.99. The molecule has 0 fully saturated rings. The highest BCUT2D eigenvalue weighted by Crippen LogP contribution is 2.07. The van der Waals surface area contributed by atoms with E-state index < -0.39 is 23.9 Å². The maximum atomic E-state index is 10.3. The van der Waals surface area contributed by atoms with Crippen molar-refractivity contribution in [2.45, 2.75) is 0 Å². The number of benzene rings is 1. The largest absolute Gasteiger partial charge is 0.478 e. The molecule has 0 aliphatic heterocycles. The van der Waals surface area contributed by atoms with Gasteiger partial charge in [0.2, 0.25) is 11.5 Å². The summed E-state index contributed by atoms with van der Waals surface area (Å²) in [5.74, 6) is -5.43. The minimum absolute atomic E-state index is 0.0833. The van der Waals surface area contributed by atoms with Crippen LogP contribution in [0.2, 0.25) is 0 Å². The summed E-state index contributed by atoms with van der Waals surface area (Å²) in [5, 5.41) is 33.5. The fourth-order valence-corrected chi connectivity index (χ4v) is 1.32. The molecule has 1 aromatic carbocycles. The van der Waals surface area contributed by atoms with Crippen molar-refractivity contribution in [2.24, 2.45) is 0 Å². The lowest BCUT2D eigenvalue weighted by Gasteiger charge is -1.94. The molecule has 2 rings (SSSR count). The zero-order chi connectivity index (χ0) is 19.6. The first kappa shape index (κ1) is 21.1. The number of carbonyl (C=O) groups is 4. The minimum Gasteiger partial charge on any atom is -0.478 e. The second-order valence-corrected chi connectivity index (χ2v) is 3.96. The van der Waals surface area contributed by atoms with E-state index in [0.717, 1.165) is 12.1 Å². The first-order chi connectivity index (χ1) is 11.7. The van der Waals surface area contributed by atoms with Crippen LogP contribution in [-0.4, -0.2) is 44.3 Å². The van der Waals surface area contributed by atoms with Gasteiger partial charge in [0, 0.05) is 0 Å². The van der Waals surface area contributed by atoms with Gasteiger partial charge in [0.25, 0.3) is 0 Å². The molecule has 0 saturated heterocycles. The Labute approximate surface area is 141 Å². The SMILES string of the molecule is C=C.O=C(O)c1ccc(C(=O)O)cc1.O=C(O)c1ccc(C(=O)O)o1. The van der Waals surface area contributed by atoms with Crippen LogP contribution in [0.25, 0.3) is 0 Å². The molecule has 9 heteroatoms. The lowest BCUT2D eigenvalue weighted by atomic mass is 10.1. The van der Waals surface area contributed by atoms with Gasteiger partial charge in [-0.2, -0.15) is 0 Å². The van der Waals surface area contributed by atoms with Crippen LogP contribution in [0.4, 0.5) is 0 Å². The van der Waals surface area contributed by atoms with E-state index in [1.54, 1.807) is 0 Å². The molecule has 2 aromatic rings. The second-order valence-electron chi connectivity index (χ2n) is 3.96. The Morgan fingerprint density at radius 2 is 0.880 bits per heavy atom. The van der Waals surface area contributed by atoms with E-state index in [4.69, 9.17) is 20.4 Å². The van der Waals surface area contributed by atoms with Crippen LogP contribution in [0, 0.1) is 0 Å². The number of rotatable bonds is 4. The monoisotopic (exact) mass is 350 g/mol. The van der Waals surface area contributed by atoms with E-state index in [1.807, 2.05) is 0 Å². The molecule has 0 aliphatic carbocycles. The topological polar surface area (TPSA) is 162 Å². The van der Waals surface area contributed by atoms with Crippen molar-refractivity contribution < 1.29 is 44.0 Å². The molecule has 0 spiro atoms. The van der Waals surface area contributed by atoms with E-state index >= 15 is 0 Å². The van der Waals surface area contributed by atoms with Crippen LogP contribution >= 0.6 is 0 Å². The number of carboxylic acids is 4. The Bertz CT molecular complexity index is 695. The fraction of sp³-hybridized carbons (Fsp3) is 0. The molecule has 1 heterocycles. The highest BCUT2D eigenvalue weighted by atomic mass is 16.4. The average Bonchev–Trinajstić information content (AvgIpc) is 3.08. The molecule has 0 radical (unpaired) electrons. The van der Waals surface area contributed by atoms with Gasteiger partial charge in [0.15, 0.2) is 0 Å². The van der Waals surface area contributed by atoms with Crippen molar-refractivity contribution in [3.8, 4) is 0 Å². The zero-order valence-electron chi connectivity index (χ0n) is 12.7. The maximum Gasteiger partial charge on any atom is 0.371 e. The molecule has 25 heavy (non-hydrogen) atoms. The van der Waals surface area contributed by atoms with E-state index in [9.17, 15) is 19.2 Å². The molecule has 0 saturated carbocycles. The molecule has 1 aromatic heterocycles. The Balaban J connectivity index is 0.000000421. The van der Waals surface area contributed by atoms with Gasteiger partial charge in [-0.3, -0.25) is 0 Å². The predicted molar refractivity (Wildman–Crippen MR) is 84.2 cm³/mol. The lowest BCUT2D eigenvalue weighted by molar-refractivity contribution is 0.0627. The molecular weight excluding hydrogens is 336 g/mol. The molecule has 4 N–H and O–H groups in total. The number of aromatic carboxylic acids is 4. The van der Waals surface area contributed by atoms with E-state index in [1.165, 1.54) is 24.3 Å². The van der Waals surface area contributed by atoms with Gasteiger partial charge in [-0.1, -0.05) is 0 Å². The number of furan rings is 1. The van der Waals surface area contributed by atoms with Gasteiger partial charge in [0.1, 0.15) is 0 Å². The average molecular weight is 350 g/mol. The summed E-state index contributed by atoms with van der Waals surface area (Å²) in [6.45, 7) is 6.00. The van der Waals surface area contributed by atoms with Crippen molar-refractivity contribution in [1.82, 2.24) is 0 Å². The van der Waals surface area contributed by atoms with Gasteiger partial charge in [-0.15, -0.1) is 13.2 Å². The van der Waals surface area contributed by atoms with Crippen LogP contribution in [-0.2, 0) is 0 Å². The summed E-state index contributed by atoms with van der Waals surface area (Å²) in [6.07, 6.45) is 0. The molecule has 132 valence electrons. The van der Waals surface area contributed by atoms with Crippen LogP contribution in [0.5, 0.6) is 0 Å². The van der Waals surface area contributed by atoms with Crippen LogP contribution in [0.3, 0.4) is 0 Å².